The molecule has 0 amide bonds. The quantitative estimate of drug-likeness (QED) is 0.553. The Morgan fingerprint density at radius 2 is 2.07 bits per heavy atom. The molecule has 0 aliphatic carbocycles. The van der Waals surface area contributed by atoms with E-state index in [0.717, 1.165) is 0 Å². The Morgan fingerprint density at radius 1 is 1.40 bits per heavy atom. The van der Waals surface area contributed by atoms with Crippen LogP contribution < -0.4 is 10.5 Å². The second kappa shape index (κ2) is 4.97. The lowest BCUT2D eigenvalue weighted by Gasteiger charge is -2.18. The highest BCUT2D eigenvalue weighted by Gasteiger charge is 2.20. The Morgan fingerprint density at radius 3 is 2.60 bits per heavy atom. The molecule has 0 aliphatic heterocycles. The van der Waals surface area contributed by atoms with E-state index >= 15 is 0 Å². The first-order valence-corrected chi connectivity index (χ1v) is 4.53. The van der Waals surface area contributed by atoms with Crippen molar-refractivity contribution >= 4 is 0 Å². The first-order chi connectivity index (χ1) is 7.10. The lowest BCUT2D eigenvalue weighted by atomic mass is 10.0. The summed E-state index contributed by atoms with van der Waals surface area (Å²) in [7, 11) is 1.44. The minimum absolute atomic E-state index is 0.00549. The van der Waals surface area contributed by atoms with Crippen molar-refractivity contribution in [2.75, 3.05) is 13.7 Å². The first-order valence-electron chi connectivity index (χ1n) is 4.53. The number of phenolic OH excluding ortho intramolecular Hbond substituents is 1. The number of rotatable bonds is 4. The number of aliphatic hydroxyl groups excluding tert-OH is 2. The topological polar surface area (TPSA) is 95.9 Å². The van der Waals surface area contributed by atoms with Crippen LogP contribution in [0, 0.1) is 0 Å². The van der Waals surface area contributed by atoms with E-state index in [1.54, 1.807) is 0 Å². The van der Waals surface area contributed by atoms with Gasteiger partial charge in [-0.1, -0.05) is 0 Å². The summed E-state index contributed by atoms with van der Waals surface area (Å²) in [6, 6.07) is 4.28. The summed E-state index contributed by atoms with van der Waals surface area (Å²) in [6.45, 7) is -0.0695. The van der Waals surface area contributed by atoms with Crippen molar-refractivity contribution in [1.29, 1.82) is 0 Å². The maximum atomic E-state index is 9.70. The number of hydrogen-bond acceptors (Lipinski definition) is 5. The van der Waals surface area contributed by atoms with Gasteiger partial charge in [-0.2, -0.15) is 0 Å². The number of aromatic hydroxyl groups is 1. The summed E-state index contributed by atoms with van der Waals surface area (Å²) >= 11 is 0. The highest BCUT2D eigenvalue weighted by molar-refractivity contribution is 5.41. The molecule has 0 aromatic heterocycles. The Hall–Kier alpha value is -1.30. The molecule has 1 rings (SSSR count). The molecule has 0 spiro atoms. The zero-order valence-electron chi connectivity index (χ0n) is 8.42. The summed E-state index contributed by atoms with van der Waals surface area (Å²) in [6.07, 6.45) is -2.25. The van der Waals surface area contributed by atoms with Gasteiger partial charge in [0.1, 0.15) is 17.6 Å². The molecule has 0 saturated carbocycles. The van der Waals surface area contributed by atoms with Crippen molar-refractivity contribution in [3.8, 4) is 11.5 Å². The van der Waals surface area contributed by atoms with Gasteiger partial charge in [-0.05, 0) is 18.2 Å². The van der Waals surface area contributed by atoms with Gasteiger partial charge in [0.25, 0.3) is 0 Å². The van der Waals surface area contributed by atoms with Crippen molar-refractivity contribution < 1.29 is 20.1 Å². The number of nitrogens with two attached hydrogens (primary N) is 1. The van der Waals surface area contributed by atoms with Crippen LogP contribution in [0.5, 0.6) is 11.5 Å². The average molecular weight is 213 g/mol. The maximum absolute atomic E-state index is 9.70. The Balaban J connectivity index is 3.05. The van der Waals surface area contributed by atoms with E-state index in [0.29, 0.717) is 11.3 Å². The molecule has 5 heteroatoms. The molecule has 0 radical (unpaired) electrons. The predicted molar refractivity (Wildman–Crippen MR) is 54.7 cm³/mol. The normalized spacial score (nSPS) is 14.7. The van der Waals surface area contributed by atoms with Crippen LogP contribution in [0.25, 0.3) is 0 Å². The molecule has 1 aromatic rings. The van der Waals surface area contributed by atoms with Crippen molar-refractivity contribution in [1.82, 2.24) is 0 Å². The number of methoxy groups -OCH3 is 1. The monoisotopic (exact) mass is 213 g/mol. The van der Waals surface area contributed by atoms with Crippen LogP contribution >= 0.6 is 0 Å². The number of hydrogen-bond donors (Lipinski definition) is 4. The first kappa shape index (κ1) is 11.8. The van der Waals surface area contributed by atoms with E-state index in [9.17, 15) is 15.3 Å². The fourth-order valence-electron chi connectivity index (χ4n) is 1.29. The SMILES string of the molecule is COc1ccc(O)cc1C(O)C(O)CN. The van der Waals surface area contributed by atoms with Crippen molar-refractivity contribution in [3.63, 3.8) is 0 Å². The molecule has 0 saturated heterocycles. The van der Waals surface area contributed by atoms with Crippen LogP contribution in [0.3, 0.4) is 0 Å². The maximum Gasteiger partial charge on any atom is 0.125 e. The van der Waals surface area contributed by atoms with Crippen LogP contribution in [0.1, 0.15) is 11.7 Å². The average Bonchev–Trinajstić information content (AvgIpc) is 2.27. The highest BCUT2D eigenvalue weighted by Crippen LogP contribution is 2.30. The van der Waals surface area contributed by atoms with Gasteiger partial charge in [0.05, 0.1) is 13.2 Å². The second-order valence-electron chi connectivity index (χ2n) is 3.17. The largest absolute Gasteiger partial charge is 0.508 e. The third kappa shape index (κ3) is 2.59. The number of aliphatic hydroxyl groups is 2. The standard InChI is InChI=1S/C10H15NO4/c1-15-9-3-2-6(12)4-7(9)10(14)8(13)5-11/h2-4,8,10,12-14H,5,11H2,1H3. The molecule has 2 atom stereocenters. The molecular weight excluding hydrogens is 198 g/mol. The van der Waals surface area contributed by atoms with Crippen LogP contribution in [0.4, 0.5) is 0 Å². The van der Waals surface area contributed by atoms with Crippen molar-refractivity contribution in [2.24, 2.45) is 5.73 Å². The molecule has 15 heavy (non-hydrogen) atoms. The van der Waals surface area contributed by atoms with Gasteiger partial charge < -0.3 is 25.8 Å². The minimum atomic E-state index is -1.17. The van der Waals surface area contributed by atoms with E-state index in [2.05, 4.69) is 0 Å². The van der Waals surface area contributed by atoms with Crippen LogP contribution in [0.15, 0.2) is 18.2 Å². The highest BCUT2D eigenvalue weighted by atomic mass is 16.5. The summed E-state index contributed by atoms with van der Waals surface area (Å²) in [4.78, 5) is 0. The molecule has 84 valence electrons. The molecule has 0 aliphatic rings. The zero-order valence-corrected chi connectivity index (χ0v) is 8.42. The smallest absolute Gasteiger partial charge is 0.125 e. The number of phenols is 1. The Bertz CT molecular complexity index is 329. The Kier molecular flexibility index (Phi) is 3.90. The van der Waals surface area contributed by atoms with E-state index in [1.807, 2.05) is 0 Å². The molecule has 2 unspecified atom stereocenters. The molecule has 0 heterocycles. The third-order valence-corrected chi connectivity index (χ3v) is 2.14. The fourth-order valence-corrected chi connectivity index (χ4v) is 1.29. The molecule has 5 N–H and O–H groups in total. The van der Waals surface area contributed by atoms with Gasteiger partial charge in [-0.15, -0.1) is 0 Å². The van der Waals surface area contributed by atoms with Crippen LogP contribution in [-0.2, 0) is 0 Å². The van der Waals surface area contributed by atoms with Gasteiger partial charge in [-0.3, -0.25) is 0 Å². The van der Waals surface area contributed by atoms with Crippen molar-refractivity contribution in [2.45, 2.75) is 12.2 Å². The summed E-state index contributed by atoms with van der Waals surface area (Å²) in [5, 5.41) is 28.3. The van der Waals surface area contributed by atoms with Crippen LogP contribution in [0.2, 0.25) is 0 Å². The lowest BCUT2D eigenvalue weighted by Crippen LogP contribution is -2.27. The van der Waals surface area contributed by atoms with Gasteiger partial charge in [0, 0.05) is 12.1 Å². The Labute approximate surface area is 87.7 Å². The summed E-state index contributed by atoms with van der Waals surface area (Å²) in [5.74, 6) is 0.391. The third-order valence-electron chi connectivity index (χ3n) is 2.14. The van der Waals surface area contributed by atoms with Gasteiger partial charge >= 0.3 is 0 Å². The number of ether oxygens (including phenoxy) is 1. The van der Waals surface area contributed by atoms with Crippen LogP contribution in [-0.4, -0.2) is 35.1 Å². The lowest BCUT2D eigenvalue weighted by molar-refractivity contribution is 0.0228. The van der Waals surface area contributed by atoms with E-state index in [1.165, 1.54) is 25.3 Å². The fraction of sp³-hybridized carbons (Fsp3) is 0.400. The van der Waals surface area contributed by atoms with Gasteiger partial charge in [0.15, 0.2) is 0 Å². The number of benzene rings is 1. The molecule has 5 nitrogen and oxygen atoms in total. The molecular formula is C10H15NO4. The predicted octanol–water partition coefficient (Wildman–Crippen LogP) is -0.246. The van der Waals surface area contributed by atoms with Gasteiger partial charge in [-0.25, -0.2) is 0 Å². The van der Waals surface area contributed by atoms with E-state index in [4.69, 9.17) is 10.5 Å². The van der Waals surface area contributed by atoms with E-state index in [-0.39, 0.29) is 12.3 Å². The van der Waals surface area contributed by atoms with E-state index < -0.39 is 12.2 Å². The molecule has 0 fully saturated rings. The van der Waals surface area contributed by atoms with Gasteiger partial charge in [0.2, 0.25) is 0 Å². The summed E-state index contributed by atoms with van der Waals surface area (Å²) < 4.78 is 4.99. The zero-order chi connectivity index (χ0) is 11.4. The molecule has 0 bridgehead atoms. The summed E-state index contributed by atoms with van der Waals surface area (Å²) in [5.41, 5.74) is 5.54. The van der Waals surface area contributed by atoms with Crippen molar-refractivity contribution in [3.05, 3.63) is 23.8 Å². The second-order valence-corrected chi connectivity index (χ2v) is 3.17. The molecule has 1 aromatic carbocycles. The minimum Gasteiger partial charge on any atom is -0.508 e.